The molecule has 0 aromatic carbocycles. The molecule has 0 rings (SSSR count). The molecule has 0 aliphatic carbocycles. The van der Waals surface area contributed by atoms with Gasteiger partial charge in [-0.2, -0.15) is 0 Å². The Morgan fingerprint density at radius 1 is 1.18 bits per heavy atom. The van der Waals surface area contributed by atoms with E-state index in [0.29, 0.717) is 6.29 Å². The Balaban J connectivity index is 5.01. The fourth-order valence-electron chi connectivity index (χ4n) is 1.45. The SMILES string of the molecule is CCOC(=O)CC(C=O)(C(=O)OCC)C(C)C. The van der Waals surface area contributed by atoms with Gasteiger partial charge in [0.2, 0.25) is 0 Å². The van der Waals surface area contributed by atoms with Crippen LogP contribution in [-0.2, 0) is 23.9 Å². The fraction of sp³-hybridized carbons (Fsp3) is 0.750. The molecule has 0 saturated heterocycles. The van der Waals surface area contributed by atoms with Crippen LogP contribution in [0.1, 0.15) is 34.1 Å². The lowest BCUT2D eigenvalue weighted by Crippen LogP contribution is -2.41. The molecule has 0 saturated carbocycles. The zero-order valence-electron chi connectivity index (χ0n) is 10.8. The zero-order valence-corrected chi connectivity index (χ0v) is 10.8. The van der Waals surface area contributed by atoms with Crippen molar-refractivity contribution in [1.29, 1.82) is 0 Å². The number of carbonyl (C=O) groups is 3. The molecule has 0 bridgehead atoms. The first kappa shape index (κ1) is 15.6. The number of hydrogen-bond donors (Lipinski definition) is 0. The Bertz CT molecular complexity index is 285. The van der Waals surface area contributed by atoms with Crippen LogP contribution in [0, 0.1) is 11.3 Å². The zero-order chi connectivity index (χ0) is 13.5. The van der Waals surface area contributed by atoms with Crippen LogP contribution in [-0.4, -0.2) is 31.4 Å². The monoisotopic (exact) mass is 244 g/mol. The smallest absolute Gasteiger partial charge is 0.320 e. The number of ether oxygens (including phenoxy) is 2. The maximum absolute atomic E-state index is 11.8. The third-order valence-corrected chi connectivity index (χ3v) is 2.64. The lowest BCUT2D eigenvalue weighted by molar-refractivity contribution is -0.166. The number of hydrogen-bond acceptors (Lipinski definition) is 5. The Morgan fingerprint density at radius 3 is 2.06 bits per heavy atom. The predicted octanol–water partition coefficient (Wildman–Crippen LogP) is 1.34. The Kier molecular flexibility index (Phi) is 6.46. The van der Waals surface area contributed by atoms with Crippen molar-refractivity contribution in [2.75, 3.05) is 13.2 Å². The van der Waals surface area contributed by atoms with Gasteiger partial charge < -0.3 is 14.3 Å². The molecule has 5 nitrogen and oxygen atoms in total. The molecule has 17 heavy (non-hydrogen) atoms. The number of rotatable bonds is 7. The highest BCUT2D eigenvalue weighted by Gasteiger charge is 2.45. The number of aldehydes is 1. The van der Waals surface area contributed by atoms with Crippen LogP contribution in [0.4, 0.5) is 0 Å². The summed E-state index contributed by atoms with van der Waals surface area (Å²) in [5.41, 5.74) is -1.44. The molecule has 1 unspecified atom stereocenters. The van der Waals surface area contributed by atoms with E-state index in [9.17, 15) is 14.4 Å². The van der Waals surface area contributed by atoms with Crippen LogP contribution in [0.15, 0.2) is 0 Å². The van der Waals surface area contributed by atoms with Gasteiger partial charge in [-0.1, -0.05) is 13.8 Å². The normalized spacial score (nSPS) is 13.9. The largest absolute Gasteiger partial charge is 0.466 e. The van der Waals surface area contributed by atoms with E-state index in [2.05, 4.69) is 0 Å². The summed E-state index contributed by atoms with van der Waals surface area (Å²) >= 11 is 0. The molecular weight excluding hydrogens is 224 g/mol. The lowest BCUT2D eigenvalue weighted by Gasteiger charge is -2.28. The summed E-state index contributed by atoms with van der Waals surface area (Å²) in [7, 11) is 0. The quantitative estimate of drug-likeness (QED) is 0.384. The second-order valence-electron chi connectivity index (χ2n) is 4.02. The maximum atomic E-state index is 11.8. The average Bonchev–Trinajstić information content (AvgIpc) is 2.26. The highest BCUT2D eigenvalue weighted by molar-refractivity contribution is 5.97. The first-order valence-electron chi connectivity index (χ1n) is 5.73. The second kappa shape index (κ2) is 7.04. The van der Waals surface area contributed by atoms with Gasteiger partial charge >= 0.3 is 11.9 Å². The van der Waals surface area contributed by atoms with Crippen LogP contribution in [0.25, 0.3) is 0 Å². The van der Waals surface area contributed by atoms with Crippen LogP contribution < -0.4 is 0 Å². The fourth-order valence-corrected chi connectivity index (χ4v) is 1.45. The van der Waals surface area contributed by atoms with Gasteiger partial charge in [0, 0.05) is 0 Å². The molecule has 0 radical (unpaired) electrons. The molecule has 0 amide bonds. The van der Waals surface area contributed by atoms with E-state index in [1.54, 1.807) is 27.7 Å². The maximum Gasteiger partial charge on any atom is 0.320 e. The van der Waals surface area contributed by atoms with Crippen molar-refractivity contribution in [3.8, 4) is 0 Å². The summed E-state index contributed by atoms with van der Waals surface area (Å²) in [4.78, 5) is 34.5. The van der Waals surface area contributed by atoms with Crippen LogP contribution in [0.5, 0.6) is 0 Å². The summed E-state index contributed by atoms with van der Waals surface area (Å²) in [5, 5.41) is 0. The van der Waals surface area contributed by atoms with E-state index in [0.717, 1.165) is 0 Å². The molecule has 0 aliphatic heterocycles. The minimum Gasteiger partial charge on any atom is -0.466 e. The van der Waals surface area contributed by atoms with Gasteiger partial charge in [0.05, 0.1) is 19.6 Å². The molecule has 0 spiro atoms. The van der Waals surface area contributed by atoms with E-state index in [1.165, 1.54) is 0 Å². The Labute approximate surface area is 101 Å². The van der Waals surface area contributed by atoms with Gasteiger partial charge in [-0.05, 0) is 19.8 Å². The van der Waals surface area contributed by atoms with E-state index >= 15 is 0 Å². The predicted molar refractivity (Wildman–Crippen MR) is 61.2 cm³/mol. The highest BCUT2D eigenvalue weighted by Crippen LogP contribution is 2.31. The minimum absolute atomic E-state index is 0.171. The average molecular weight is 244 g/mol. The molecule has 0 aromatic rings. The standard InChI is InChI=1S/C12H20O5/c1-5-16-10(14)7-12(8-13,9(3)4)11(15)17-6-2/h8-9H,5-7H2,1-4H3. The number of esters is 2. The molecule has 5 heteroatoms. The van der Waals surface area contributed by atoms with E-state index in [1.807, 2.05) is 0 Å². The van der Waals surface area contributed by atoms with E-state index in [4.69, 9.17) is 9.47 Å². The molecule has 98 valence electrons. The van der Waals surface area contributed by atoms with E-state index in [-0.39, 0.29) is 25.6 Å². The van der Waals surface area contributed by atoms with Gasteiger partial charge in [0.15, 0.2) is 0 Å². The molecule has 0 aromatic heterocycles. The summed E-state index contributed by atoms with van der Waals surface area (Å²) < 4.78 is 9.63. The molecular formula is C12H20O5. The van der Waals surface area contributed by atoms with Crippen molar-refractivity contribution in [2.45, 2.75) is 34.1 Å². The minimum atomic E-state index is -1.44. The molecule has 0 N–H and O–H groups in total. The van der Waals surface area contributed by atoms with Crippen LogP contribution in [0.2, 0.25) is 0 Å². The first-order valence-corrected chi connectivity index (χ1v) is 5.73. The molecule has 0 heterocycles. The van der Waals surface area contributed by atoms with Crippen molar-refractivity contribution in [2.24, 2.45) is 11.3 Å². The van der Waals surface area contributed by atoms with Crippen LogP contribution in [0.3, 0.4) is 0 Å². The summed E-state index contributed by atoms with van der Waals surface area (Å²) in [5.74, 6) is -1.57. The van der Waals surface area contributed by atoms with Gasteiger partial charge in [0.25, 0.3) is 0 Å². The van der Waals surface area contributed by atoms with Crippen molar-refractivity contribution in [3.63, 3.8) is 0 Å². The number of carbonyl (C=O) groups excluding carboxylic acids is 3. The van der Waals surface area contributed by atoms with Gasteiger partial charge in [-0.3, -0.25) is 9.59 Å². The van der Waals surface area contributed by atoms with Gasteiger partial charge in [0.1, 0.15) is 11.7 Å². The van der Waals surface area contributed by atoms with Crippen molar-refractivity contribution in [1.82, 2.24) is 0 Å². The van der Waals surface area contributed by atoms with Gasteiger partial charge in [-0.25, -0.2) is 0 Å². The summed E-state index contributed by atoms with van der Waals surface area (Å²) in [6.07, 6.45) is 0.216. The molecule has 0 aliphatic rings. The summed E-state index contributed by atoms with van der Waals surface area (Å²) in [6, 6.07) is 0. The van der Waals surface area contributed by atoms with Crippen molar-refractivity contribution >= 4 is 18.2 Å². The third kappa shape index (κ3) is 3.84. The van der Waals surface area contributed by atoms with Crippen LogP contribution >= 0.6 is 0 Å². The first-order chi connectivity index (χ1) is 7.94. The molecule has 1 atom stereocenters. The van der Waals surface area contributed by atoms with E-state index < -0.39 is 17.4 Å². The highest BCUT2D eigenvalue weighted by atomic mass is 16.5. The van der Waals surface area contributed by atoms with Gasteiger partial charge in [-0.15, -0.1) is 0 Å². The third-order valence-electron chi connectivity index (χ3n) is 2.64. The van der Waals surface area contributed by atoms with Crippen molar-refractivity contribution in [3.05, 3.63) is 0 Å². The topological polar surface area (TPSA) is 69.7 Å². The lowest BCUT2D eigenvalue weighted by atomic mass is 9.76. The summed E-state index contributed by atoms with van der Waals surface area (Å²) in [6.45, 7) is 7.10. The Morgan fingerprint density at radius 2 is 1.71 bits per heavy atom. The van der Waals surface area contributed by atoms with Crippen molar-refractivity contribution < 1.29 is 23.9 Å². The second-order valence-corrected chi connectivity index (χ2v) is 4.02. The Hall–Kier alpha value is -1.39. The molecule has 0 fully saturated rings.